The van der Waals surface area contributed by atoms with Crippen LogP contribution in [0.15, 0.2) is 18.3 Å². The Morgan fingerprint density at radius 3 is 3.00 bits per heavy atom. The number of ether oxygens (including phenoxy) is 1. The Bertz CT molecular complexity index is 309. The van der Waals surface area contributed by atoms with Crippen molar-refractivity contribution >= 4 is 11.6 Å². The van der Waals surface area contributed by atoms with Crippen LogP contribution in [-0.4, -0.2) is 23.3 Å². The Morgan fingerprint density at radius 1 is 1.53 bits per heavy atom. The van der Waals surface area contributed by atoms with Crippen molar-refractivity contribution < 1.29 is 9.84 Å². The molecule has 1 fully saturated rings. The summed E-state index contributed by atoms with van der Waals surface area (Å²) in [6.07, 6.45) is 3.02. The number of nitrogens with zero attached hydrogens (tertiary/aromatic N) is 1. The van der Waals surface area contributed by atoms with Gasteiger partial charge in [-0.25, -0.2) is 0 Å². The molecule has 0 amide bonds. The summed E-state index contributed by atoms with van der Waals surface area (Å²) < 4.78 is 5.33. The molecular weight excluding hydrogens is 214 g/mol. The topological polar surface area (TPSA) is 42.4 Å². The molecule has 0 aromatic carbocycles. The molecule has 1 saturated heterocycles. The average Bonchev–Trinajstić information content (AvgIpc) is 2.30. The molecule has 2 unspecified atom stereocenters. The van der Waals surface area contributed by atoms with Crippen LogP contribution in [0.1, 0.15) is 24.6 Å². The van der Waals surface area contributed by atoms with Gasteiger partial charge in [0, 0.05) is 18.7 Å². The zero-order chi connectivity index (χ0) is 10.7. The van der Waals surface area contributed by atoms with Gasteiger partial charge in [0.2, 0.25) is 0 Å². The van der Waals surface area contributed by atoms with Crippen LogP contribution >= 0.6 is 11.6 Å². The van der Waals surface area contributed by atoms with E-state index in [1.54, 1.807) is 18.3 Å². The van der Waals surface area contributed by atoms with Crippen LogP contribution in [0.25, 0.3) is 0 Å². The second-order valence-corrected chi connectivity index (χ2v) is 4.26. The van der Waals surface area contributed by atoms with Gasteiger partial charge in [0.25, 0.3) is 0 Å². The highest BCUT2D eigenvalue weighted by Crippen LogP contribution is 2.27. The van der Waals surface area contributed by atoms with Crippen molar-refractivity contribution in [2.75, 3.05) is 13.2 Å². The van der Waals surface area contributed by atoms with E-state index in [1.165, 1.54) is 0 Å². The maximum absolute atomic E-state index is 10.1. The number of aliphatic hydroxyl groups excluding tert-OH is 1. The lowest BCUT2D eigenvalue weighted by molar-refractivity contribution is -0.0115. The first-order valence-corrected chi connectivity index (χ1v) is 5.52. The van der Waals surface area contributed by atoms with Crippen molar-refractivity contribution in [3.63, 3.8) is 0 Å². The number of hydrogen-bond acceptors (Lipinski definition) is 3. The van der Waals surface area contributed by atoms with E-state index in [2.05, 4.69) is 4.98 Å². The number of pyridine rings is 1. The fourth-order valence-corrected chi connectivity index (χ4v) is 1.93. The molecule has 0 saturated carbocycles. The predicted octanol–water partition coefficient (Wildman–Crippen LogP) is 2.19. The lowest BCUT2D eigenvalue weighted by Gasteiger charge is -2.26. The number of hydrogen-bond donors (Lipinski definition) is 1. The third kappa shape index (κ3) is 2.68. The van der Waals surface area contributed by atoms with Gasteiger partial charge in [-0.05, 0) is 25.0 Å². The highest BCUT2D eigenvalue weighted by atomic mass is 35.5. The number of aromatic nitrogens is 1. The van der Waals surface area contributed by atoms with Crippen molar-refractivity contribution in [3.8, 4) is 0 Å². The van der Waals surface area contributed by atoms with Gasteiger partial charge in [0.15, 0.2) is 0 Å². The summed E-state index contributed by atoms with van der Waals surface area (Å²) in [4.78, 5) is 4.12. The van der Waals surface area contributed by atoms with E-state index in [-0.39, 0.29) is 5.92 Å². The van der Waals surface area contributed by atoms with Crippen molar-refractivity contribution in [2.24, 2.45) is 5.92 Å². The third-order valence-electron chi connectivity index (χ3n) is 2.70. The fraction of sp³-hybridized carbons (Fsp3) is 0.545. The molecule has 2 rings (SSSR count). The molecule has 1 aliphatic heterocycles. The number of rotatable bonds is 2. The van der Waals surface area contributed by atoms with E-state index in [1.807, 2.05) is 0 Å². The molecular formula is C11H14ClNO2. The lowest BCUT2D eigenvalue weighted by Crippen LogP contribution is -2.24. The molecule has 15 heavy (non-hydrogen) atoms. The molecule has 1 aromatic heterocycles. The summed E-state index contributed by atoms with van der Waals surface area (Å²) in [7, 11) is 0. The average molecular weight is 228 g/mol. The largest absolute Gasteiger partial charge is 0.386 e. The first-order valence-electron chi connectivity index (χ1n) is 5.14. The van der Waals surface area contributed by atoms with Gasteiger partial charge in [-0.1, -0.05) is 11.6 Å². The minimum atomic E-state index is -0.539. The maximum atomic E-state index is 10.1. The first kappa shape index (κ1) is 10.9. The van der Waals surface area contributed by atoms with E-state index in [0.717, 1.165) is 19.4 Å². The Morgan fingerprint density at radius 2 is 2.40 bits per heavy atom. The summed E-state index contributed by atoms with van der Waals surface area (Å²) in [6, 6.07) is 3.51. The maximum Gasteiger partial charge on any atom is 0.101 e. The van der Waals surface area contributed by atoms with Gasteiger partial charge in [-0.15, -0.1) is 0 Å². The zero-order valence-electron chi connectivity index (χ0n) is 8.40. The van der Waals surface area contributed by atoms with Crippen LogP contribution in [0.3, 0.4) is 0 Å². The van der Waals surface area contributed by atoms with E-state index >= 15 is 0 Å². The van der Waals surface area contributed by atoms with Crippen LogP contribution in [0.2, 0.25) is 5.02 Å². The van der Waals surface area contributed by atoms with Gasteiger partial charge in [-0.2, -0.15) is 0 Å². The summed E-state index contributed by atoms with van der Waals surface area (Å²) in [5.74, 6) is 0.160. The van der Waals surface area contributed by atoms with Crippen LogP contribution in [0.5, 0.6) is 0 Å². The Balaban J connectivity index is 2.05. The molecule has 82 valence electrons. The van der Waals surface area contributed by atoms with Crippen molar-refractivity contribution in [2.45, 2.75) is 18.9 Å². The Kier molecular flexibility index (Phi) is 3.57. The van der Waals surface area contributed by atoms with Crippen LogP contribution in [-0.2, 0) is 4.74 Å². The zero-order valence-corrected chi connectivity index (χ0v) is 9.15. The highest BCUT2D eigenvalue weighted by molar-refractivity contribution is 6.30. The summed E-state index contributed by atoms with van der Waals surface area (Å²) in [5, 5.41) is 10.6. The predicted molar refractivity (Wildman–Crippen MR) is 57.7 cm³/mol. The second kappa shape index (κ2) is 4.92. The fourth-order valence-electron chi connectivity index (χ4n) is 1.82. The molecule has 3 nitrogen and oxygen atoms in total. The van der Waals surface area contributed by atoms with Gasteiger partial charge in [-0.3, -0.25) is 4.98 Å². The van der Waals surface area contributed by atoms with Crippen LogP contribution in [0.4, 0.5) is 0 Å². The van der Waals surface area contributed by atoms with E-state index in [0.29, 0.717) is 17.3 Å². The molecule has 2 atom stereocenters. The molecule has 2 heterocycles. The molecule has 1 N–H and O–H groups in total. The summed E-state index contributed by atoms with van der Waals surface area (Å²) in [5.41, 5.74) is 0.676. The monoisotopic (exact) mass is 227 g/mol. The highest BCUT2D eigenvalue weighted by Gasteiger charge is 2.24. The lowest BCUT2D eigenvalue weighted by atomic mass is 9.94. The minimum absolute atomic E-state index is 0.160. The Hall–Kier alpha value is -0.640. The van der Waals surface area contributed by atoms with Crippen molar-refractivity contribution in [1.82, 2.24) is 4.98 Å². The van der Waals surface area contributed by atoms with Gasteiger partial charge >= 0.3 is 0 Å². The van der Waals surface area contributed by atoms with E-state index < -0.39 is 6.10 Å². The van der Waals surface area contributed by atoms with Gasteiger partial charge in [0.05, 0.1) is 17.3 Å². The molecule has 1 aromatic rings. The molecule has 4 heteroatoms. The van der Waals surface area contributed by atoms with E-state index in [4.69, 9.17) is 16.3 Å². The molecule has 1 aliphatic rings. The first-order chi connectivity index (χ1) is 7.27. The molecule has 0 aliphatic carbocycles. The van der Waals surface area contributed by atoms with E-state index in [9.17, 15) is 5.11 Å². The standard InChI is InChI=1S/C11H14ClNO2/c12-9-3-4-10(13-6-9)11(14)8-2-1-5-15-7-8/h3-4,6,8,11,14H,1-2,5,7H2. The number of halogens is 1. The SMILES string of the molecule is OC(c1ccc(Cl)cn1)C1CCCOC1. The van der Waals surface area contributed by atoms with Crippen molar-refractivity contribution in [1.29, 1.82) is 0 Å². The second-order valence-electron chi connectivity index (χ2n) is 3.82. The van der Waals surface area contributed by atoms with Crippen molar-refractivity contribution in [3.05, 3.63) is 29.0 Å². The van der Waals surface area contributed by atoms with Crippen LogP contribution in [0, 0.1) is 5.92 Å². The number of aliphatic hydroxyl groups is 1. The van der Waals surface area contributed by atoms with Gasteiger partial charge in [0.1, 0.15) is 6.10 Å². The third-order valence-corrected chi connectivity index (χ3v) is 2.92. The van der Waals surface area contributed by atoms with Gasteiger partial charge < -0.3 is 9.84 Å². The minimum Gasteiger partial charge on any atom is -0.386 e. The summed E-state index contributed by atoms with van der Waals surface area (Å²) >= 11 is 5.73. The Labute approximate surface area is 94.0 Å². The summed E-state index contributed by atoms with van der Waals surface area (Å²) in [6.45, 7) is 1.42. The smallest absolute Gasteiger partial charge is 0.101 e. The molecule has 0 spiro atoms. The molecule has 0 bridgehead atoms. The quantitative estimate of drug-likeness (QED) is 0.842. The normalized spacial score (nSPS) is 23.7. The molecule has 0 radical (unpaired) electrons. The van der Waals surface area contributed by atoms with Crippen LogP contribution < -0.4 is 0 Å².